The summed E-state index contributed by atoms with van der Waals surface area (Å²) in [6, 6.07) is 11.8. The number of hydrogen-bond acceptors (Lipinski definition) is 1. The topological polar surface area (TPSA) is 9.23 Å². The minimum Gasteiger partial charge on any atom is -0.496 e. The predicted molar refractivity (Wildman–Crippen MR) is 90.6 cm³/mol. The lowest BCUT2D eigenvalue weighted by atomic mass is 10.0. The van der Waals surface area contributed by atoms with Gasteiger partial charge in [0.2, 0.25) is 0 Å². The van der Waals surface area contributed by atoms with Gasteiger partial charge < -0.3 is 4.74 Å². The van der Waals surface area contributed by atoms with E-state index in [9.17, 15) is 0 Å². The molecule has 1 nitrogen and oxygen atoms in total. The van der Waals surface area contributed by atoms with E-state index in [1.54, 1.807) is 7.11 Å². The number of halogens is 4. The highest BCUT2D eigenvalue weighted by Crippen LogP contribution is 2.41. The molecule has 0 spiro atoms. The lowest BCUT2D eigenvalue weighted by molar-refractivity contribution is 0.410. The molecule has 2 rings (SSSR count). The third-order valence-electron chi connectivity index (χ3n) is 2.70. The molecule has 100 valence electrons. The van der Waals surface area contributed by atoms with Crippen molar-refractivity contribution in [3.05, 3.63) is 61.5 Å². The molecular formula is C14H10Br3ClO. The molecule has 0 fully saturated rings. The van der Waals surface area contributed by atoms with Crippen LogP contribution in [0.5, 0.6) is 5.75 Å². The Bertz CT molecular complexity index is 601. The molecule has 0 saturated carbocycles. The van der Waals surface area contributed by atoms with Crippen molar-refractivity contribution in [2.75, 3.05) is 7.11 Å². The van der Waals surface area contributed by atoms with E-state index in [2.05, 4.69) is 47.8 Å². The molecule has 0 N–H and O–H groups in total. The number of ether oxygens (including phenoxy) is 1. The molecule has 19 heavy (non-hydrogen) atoms. The molecule has 1 atom stereocenters. The Morgan fingerprint density at radius 3 is 2.26 bits per heavy atom. The van der Waals surface area contributed by atoms with Crippen LogP contribution in [0.4, 0.5) is 0 Å². The van der Waals surface area contributed by atoms with Crippen LogP contribution in [0.2, 0.25) is 5.02 Å². The summed E-state index contributed by atoms with van der Waals surface area (Å²) in [7, 11) is 1.66. The fraction of sp³-hybridized carbons (Fsp3) is 0.143. The van der Waals surface area contributed by atoms with Crippen molar-refractivity contribution in [2.45, 2.75) is 4.83 Å². The SMILES string of the molecule is COc1ccc(Br)cc1C(Br)c1ccc(Br)cc1Cl. The first-order valence-electron chi connectivity index (χ1n) is 5.45. The largest absolute Gasteiger partial charge is 0.496 e. The Labute approximate surface area is 142 Å². The summed E-state index contributed by atoms with van der Waals surface area (Å²) in [6.07, 6.45) is 0. The van der Waals surface area contributed by atoms with Crippen LogP contribution in [0.3, 0.4) is 0 Å². The molecule has 2 aromatic rings. The lowest BCUT2D eigenvalue weighted by Gasteiger charge is -2.16. The van der Waals surface area contributed by atoms with E-state index in [-0.39, 0.29) is 4.83 Å². The number of rotatable bonds is 3. The first-order valence-corrected chi connectivity index (χ1v) is 8.33. The first kappa shape index (κ1) is 15.4. The fourth-order valence-electron chi connectivity index (χ4n) is 1.78. The van der Waals surface area contributed by atoms with Crippen molar-refractivity contribution < 1.29 is 4.74 Å². The number of alkyl halides is 1. The third kappa shape index (κ3) is 3.54. The van der Waals surface area contributed by atoms with Gasteiger partial charge in [-0.2, -0.15) is 0 Å². The van der Waals surface area contributed by atoms with Crippen LogP contribution in [0.1, 0.15) is 16.0 Å². The molecule has 0 aliphatic rings. The van der Waals surface area contributed by atoms with E-state index < -0.39 is 0 Å². The Balaban J connectivity index is 2.49. The fourth-order valence-corrected chi connectivity index (χ4v) is 3.83. The molecule has 0 aromatic heterocycles. The van der Waals surface area contributed by atoms with E-state index in [0.29, 0.717) is 5.02 Å². The van der Waals surface area contributed by atoms with Crippen molar-refractivity contribution in [3.8, 4) is 5.75 Å². The van der Waals surface area contributed by atoms with Crippen molar-refractivity contribution >= 4 is 59.4 Å². The van der Waals surface area contributed by atoms with Gasteiger partial charge in [-0.1, -0.05) is 65.5 Å². The van der Waals surface area contributed by atoms with Crippen molar-refractivity contribution in [1.29, 1.82) is 0 Å². The summed E-state index contributed by atoms with van der Waals surface area (Å²) >= 11 is 16.9. The standard InChI is InChI=1S/C14H10Br3ClO/c1-19-13-5-3-8(15)6-11(13)14(17)10-4-2-9(16)7-12(10)18/h2-7,14H,1H3. The van der Waals surface area contributed by atoms with Gasteiger partial charge in [0.1, 0.15) is 5.75 Å². The zero-order chi connectivity index (χ0) is 14.0. The van der Waals surface area contributed by atoms with Crippen LogP contribution < -0.4 is 4.74 Å². The minimum absolute atomic E-state index is 0.0273. The van der Waals surface area contributed by atoms with Crippen molar-refractivity contribution in [1.82, 2.24) is 0 Å². The zero-order valence-electron chi connectivity index (χ0n) is 9.96. The highest BCUT2D eigenvalue weighted by atomic mass is 79.9. The van der Waals surface area contributed by atoms with Gasteiger partial charge in [-0.15, -0.1) is 0 Å². The molecule has 0 heterocycles. The predicted octanol–water partition coefficient (Wildman–Crippen LogP) is 6.36. The van der Waals surface area contributed by atoms with E-state index in [0.717, 1.165) is 25.8 Å². The molecule has 1 unspecified atom stereocenters. The average Bonchev–Trinajstić information content (AvgIpc) is 2.38. The Morgan fingerprint density at radius 1 is 1.00 bits per heavy atom. The molecule has 0 bridgehead atoms. The number of benzene rings is 2. The maximum absolute atomic E-state index is 6.30. The van der Waals surface area contributed by atoms with E-state index in [1.165, 1.54) is 0 Å². The number of methoxy groups -OCH3 is 1. The first-order chi connectivity index (χ1) is 9.02. The maximum Gasteiger partial charge on any atom is 0.123 e. The monoisotopic (exact) mass is 466 g/mol. The van der Waals surface area contributed by atoms with Gasteiger partial charge in [0.05, 0.1) is 11.9 Å². The van der Waals surface area contributed by atoms with Crippen LogP contribution in [-0.2, 0) is 0 Å². The summed E-state index contributed by atoms with van der Waals surface area (Å²) in [6.45, 7) is 0. The Hall–Kier alpha value is -0.0300. The van der Waals surface area contributed by atoms with Crippen molar-refractivity contribution in [2.24, 2.45) is 0 Å². The van der Waals surface area contributed by atoms with E-state index >= 15 is 0 Å². The van der Waals surface area contributed by atoms with Crippen molar-refractivity contribution in [3.63, 3.8) is 0 Å². The van der Waals surface area contributed by atoms with Gasteiger partial charge >= 0.3 is 0 Å². The normalized spacial score (nSPS) is 12.3. The van der Waals surface area contributed by atoms with E-state index in [1.807, 2.05) is 36.4 Å². The van der Waals surface area contributed by atoms with Crippen LogP contribution in [0.15, 0.2) is 45.3 Å². The summed E-state index contributed by atoms with van der Waals surface area (Å²) in [5, 5.41) is 0.707. The van der Waals surface area contributed by atoms with Gasteiger partial charge in [-0.3, -0.25) is 0 Å². The molecule has 2 aromatic carbocycles. The van der Waals surface area contributed by atoms with Gasteiger partial charge in [0, 0.05) is 19.5 Å². The maximum atomic E-state index is 6.30. The molecule has 0 radical (unpaired) electrons. The second-order valence-corrected chi connectivity index (χ2v) is 7.07. The zero-order valence-corrected chi connectivity index (χ0v) is 15.5. The average molecular weight is 469 g/mol. The van der Waals surface area contributed by atoms with Gasteiger partial charge in [-0.05, 0) is 35.9 Å². The van der Waals surface area contributed by atoms with Gasteiger partial charge in [0.15, 0.2) is 0 Å². The number of hydrogen-bond donors (Lipinski definition) is 0. The summed E-state index contributed by atoms with van der Waals surface area (Å²) in [5.74, 6) is 0.823. The molecular weight excluding hydrogens is 459 g/mol. The molecule has 5 heteroatoms. The Kier molecular flexibility index (Phi) is 5.35. The smallest absolute Gasteiger partial charge is 0.123 e. The Morgan fingerprint density at radius 2 is 1.63 bits per heavy atom. The van der Waals surface area contributed by atoms with Gasteiger partial charge in [0.25, 0.3) is 0 Å². The summed E-state index contributed by atoms with van der Waals surface area (Å²) < 4.78 is 7.36. The molecule has 0 aliphatic heterocycles. The quantitative estimate of drug-likeness (QED) is 0.476. The second-order valence-electron chi connectivity index (χ2n) is 3.91. The van der Waals surface area contributed by atoms with Crippen LogP contribution in [0, 0.1) is 0 Å². The summed E-state index contributed by atoms with van der Waals surface area (Å²) in [4.78, 5) is -0.0273. The van der Waals surface area contributed by atoms with Crippen LogP contribution in [0.25, 0.3) is 0 Å². The van der Waals surface area contributed by atoms with Crippen LogP contribution >= 0.6 is 59.4 Å². The molecule has 0 amide bonds. The lowest BCUT2D eigenvalue weighted by Crippen LogP contribution is -1.98. The highest BCUT2D eigenvalue weighted by Gasteiger charge is 2.18. The second kappa shape index (κ2) is 6.61. The highest BCUT2D eigenvalue weighted by molar-refractivity contribution is 9.10. The summed E-state index contributed by atoms with van der Waals surface area (Å²) in [5.41, 5.74) is 2.03. The van der Waals surface area contributed by atoms with Gasteiger partial charge in [-0.25, -0.2) is 0 Å². The minimum atomic E-state index is -0.0273. The van der Waals surface area contributed by atoms with E-state index in [4.69, 9.17) is 16.3 Å². The third-order valence-corrected chi connectivity index (χ3v) is 5.00. The molecule has 0 saturated heterocycles. The van der Waals surface area contributed by atoms with Crippen LogP contribution in [-0.4, -0.2) is 7.11 Å². The molecule has 0 aliphatic carbocycles.